The molecule has 0 radical (unpaired) electrons. The second kappa shape index (κ2) is 9.36. The van der Waals surface area contributed by atoms with Crippen molar-refractivity contribution >= 4 is 22.8 Å². The van der Waals surface area contributed by atoms with Crippen molar-refractivity contribution in [1.82, 2.24) is 25.1 Å². The Kier molecular flexibility index (Phi) is 6.35. The molecule has 0 saturated heterocycles. The molecule has 0 aliphatic carbocycles. The number of anilines is 1. The summed E-state index contributed by atoms with van der Waals surface area (Å²) >= 11 is 0. The molecule has 0 aliphatic heterocycles. The Morgan fingerprint density at radius 1 is 1.03 bits per heavy atom. The Morgan fingerprint density at radius 2 is 1.76 bits per heavy atom. The summed E-state index contributed by atoms with van der Waals surface area (Å²) in [5.41, 5.74) is 3.47. The van der Waals surface area contributed by atoms with E-state index in [0.29, 0.717) is 36.7 Å². The van der Waals surface area contributed by atoms with E-state index in [9.17, 15) is 9.18 Å². The molecule has 2 aromatic carbocycles. The Morgan fingerprint density at radius 3 is 2.45 bits per heavy atom. The molecular weight excluding hydrogens is 419 g/mol. The molecule has 8 heteroatoms. The number of aromatic nitrogens is 4. The van der Waals surface area contributed by atoms with Gasteiger partial charge in [-0.05, 0) is 40.8 Å². The van der Waals surface area contributed by atoms with Crippen LogP contribution >= 0.6 is 0 Å². The van der Waals surface area contributed by atoms with E-state index in [2.05, 4.69) is 46.5 Å². The van der Waals surface area contributed by atoms with Gasteiger partial charge in [0, 0.05) is 18.7 Å². The largest absolute Gasteiger partial charge is 0.365 e. The van der Waals surface area contributed by atoms with Crippen LogP contribution in [0.15, 0.2) is 61.1 Å². The molecule has 4 aromatic rings. The lowest BCUT2D eigenvalue weighted by atomic mass is 9.87. The molecule has 0 saturated carbocycles. The average Bonchev–Trinajstić information content (AvgIpc) is 3.22. The lowest BCUT2D eigenvalue weighted by Gasteiger charge is -2.19. The van der Waals surface area contributed by atoms with Crippen molar-refractivity contribution in [2.75, 3.05) is 11.9 Å². The first-order chi connectivity index (χ1) is 15.8. The Balaban J connectivity index is 1.37. The molecule has 2 heterocycles. The lowest BCUT2D eigenvalue weighted by molar-refractivity contribution is 0.0952. The van der Waals surface area contributed by atoms with E-state index < -0.39 is 0 Å². The van der Waals surface area contributed by atoms with Crippen LogP contribution in [0.4, 0.5) is 10.2 Å². The van der Waals surface area contributed by atoms with E-state index in [1.165, 1.54) is 24.0 Å². The highest BCUT2D eigenvalue weighted by atomic mass is 19.1. The van der Waals surface area contributed by atoms with Gasteiger partial charge >= 0.3 is 0 Å². The van der Waals surface area contributed by atoms with Crippen LogP contribution in [0.5, 0.6) is 0 Å². The Hall–Kier alpha value is -3.81. The number of hydrogen-bond donors (Lipinski definition) is 2. The van der Waals surface area contributed by atoms with Gasteiger partial charge in [0.05, 0.1) is 18.1 Å². The number of hydrogen-bond acceptors (Lipinski definition) is 5. The van der Waals surface area contributed by atoms with Gasteiger partial charge in [0.2, 0.25) is 0 Å². The number of nitrogens with zero attached hydrogens (tertiary/aromatic N) is 4. The number of carbonyl (C=O) groups excluding carboxylic acids is 1. The van der Waals surface area contributed by atoms with E-state index in [0.717, 1.165) is 10.9 Å². The highest BCUT2D eigenvalue weighted by molar-refractivity contribution is 5.94. The van der Waals surface area contributed by atoms with Gasteiger partial charge in [-0.3, -0.25) is 4.79 Å². The van der Waals surface area contributed by atoms with Crippen molar-refractivity contribution in [3.05, 3.63) is 83.6 Å². The van der Waals surface area contributed by atoms with Crippen LogP contribution in [0.3, 0.4) is 0 Å². The minimum absolute atomic E-state index is 0.0464. The first-order valence-corrected chi connectivity index (χ1v) is 10.8. The van der Waals surface area contributed by atoms with Gasteiger partial charge in [0.15, 0.2) is 5.65 Å². The quantitative estimate of drug-likeness (QED) is 0.442. The number of fused-ring (bicyclic) bond motifs is 1. The molecule has 2 N–H and O–H groups in total. The van der Waals surface area contributed by atoms with Gasteiger partial charge in [-0.25, -0.2) is 19.0 Å². The van der Waals surface area contributed by atoms with E-state index in [-0.39, 0.29) is 17.1 Å². The first-order valence-electron chi connectivity index (χ1n) is 10.8. The van der Waals surface area contributed by atoms with Gasteiger partial charge in [0.1, 0.15) is 18.0 Å². The second-order valence-electron chi connectivity index (χ2n) is 8.89. The summed E-state index contributed by atoms with van der Waals surface area (Å²) in [5.74, 6) is 0.264. The zero-order chi connectivity index (χ0) is 23.4. The summed E-state index contributed by atoms with van der Waals surface area (Å²) < 4.78 is 14.8. The minimum atomic E-state index is -0.265. The maximum atomic E-state index is 13.1. The maximum Gasteiger partial charge on any atom is 0.251 e. The number of rotatable bonds is 7. The topological polar surface area (TPSA) is 84.7 Å². The smallest absolute Gasteiger partial charge is 0.251 e. The van der Waals surface area contributed by atoms with Crippen molar-refractivity contribution in [2.24, 2.45) is 0 Å². The summed E-state index contributed by atoms with van der Waals surface area (Å²) in [6.07, 6.45) is 3.18. The van der Waals surface area contributed by atoms with Crippen molar-refractivity contribution in [1.29, 1.82) is 0 Å². The van der Waals surface area contributed by atoms with Crippen molar-refractivity contribution in [2.45, 2.75) is 39.3 Å². The molecule has 33 heavy (non-hydrogen) atoms. The summed E-state index contributed by atoms with van der Waals surface area (Å²) in [6, 6.07) is 14.0. The van der Waals surface area contributed by atoms with Crippen LogP contribution in [0.1, 0.15) is 42.3 Å². The molecule has 0 spiro atoms. The monoisotopic (exact) mass is 446 g/mol. The summed E-state index contributed by atoms with van der Waals surface area (Å²) in [4.78, 5) is 21.1. The molecule has 2 aromatic heterocycles. The molecule has 0 bridgehead atoms. The third-order valence-corrected chi connectivity index (χ3v) is 5.43. The van der Waals surface area contributed by atoms with Gasteiger partial charge in [-0.1, -0.05) is 45.0 Å². The minimum Gasteiger partial charge on any atom is -0.365 e. The van der Waals surface area contributed by atoms with Crippen LogP contribution in [0, 0.1) is 5.82 Å². The molecular formula is C25H27FN6O. The van der Waals surface area contributed by atoms with Crippen LogP contribution in [-0.2, 0) is 18.5 Å². The van der Waals surface area contributed by atoms with Gasteiger partial charge in [-0.2, -0.15) is 5.10 Å². The summed E-state index contributed by atoms with van der Waals surface area (Å²) in [7, 11) is 0. The fraction of sp³-hybridized carbons (Fsp3) is 0.280. The highest BCUT2D eigenvalue weighted by Crippen LogP contribution is 2.22. The normalized spacial score (nSPS) is 11.5. The zero-order valence-corrected chi connectivity index (χ0v) is 19.0. The standard InChI is InChI=1S/C25H27FN6O/c1-25(2,3)19-8-6-18(7-9-19)24(33)27-12-13-32-23-21(15-31-32)22(29-16-30-23)28-14-17-4-10-20(26)11-5-17/h4-11,15-16H,12-14H2,1-3H3,(H,27,33)(H,28,29,30). The number of nitrogens with one attached hydrogen (secondary N) is 2. The fourth-order valence-electron chi connectivity index (χ4n) is 3.48. The van der Waals surface area contributed by atoms with E-state index >= 15 is 0 Å². The van der Waals surface area contributed by atoms with Crippen LogP contribution in [0.2, 0.25) is 0 Å². The van der Waals surface area contributed by atoms with Crippen LogP contribution in [0.25, 0.3) is 11.0 Å². The van der Waals surface area contributed by atoms with Gasteiger partial charge in [-0.15, -0.1) is 0 Å². The SMILES string of the molecule is CC(C)(C)c1ccc(C(=O)NCCn2ncc3c(NCc4ccc(F)cc4)ncnc32)cc1. The number of carbonyl (C=O) groups is 1. The second-order valence-corrected chi connectivity index (χ2v) is 8.89. The van der Waals surface area contributed by atoms with Gasteiger partial charge in [0.25, 0.3) is 5.91 Å². The van der Waals surface area contributed by atoms with Crippen LogP contribution in [-0.4, -0.2) is 32.2 Å². The number of amides is 1. The average molecular weight is 447 g/mol. The predicted octanol–water partition coefficient (Wildman–Crippen LogP) is 4.31. The third kappa shape index (κ3) is 5.34. The number of benzene rings is 2. The molecule has 0 atom stereocenters. The number of halogens is 1. The highest BCUT2D eigenvalue weighted by Gasteiger charge is 2.14. The van der Waals surface area contributed by atoms with Crippen molar-refractivity contribution in [3.8, 4) is 0 Å². The van der Waals surface area contributed by atoms with E-state index in [4.69, 9.17) is 0 Å². The Labute approximate surface area is 192 Å². The summed E-state index contributed by atoms with van der Waals surface area (Å²) in [6.45, 7) is 7.82. The molecule has 7 nitrogen and oxygen atoms in total. The molecule has 1 amide bonds. The molecule has 0 unspecified atom stereocenters. The Bertz CT molecular complexity index is 1240. The van der Waals surface area contributed by atoms with E-state index in [1.807, 2.05) is 24.3 Å². The summed E-state index contributed by atoms with van der Waals surface area (Å²) in [5, 5.41) is 11.4. The van der Waals surface area contributed by atoms with Gasteiger partial charge < -0.3 is 10.6 Å². The zero-order valence-electron chi connectivity index (χ0n) is 19.0. The van der Waals surface area contributed by atoms with Crippen LogP contribution < -0.4 is 10.6 Å². The van der Waals surface area contributed by atoms with Crippen molar-refractivity contribution < 1.29 is 9.18 Å². The fourth-order valence-corrected chi connectivity index (χ4v) is 3.48. The maximum absolute atomic E-state index is 13.1. The molecule has 0 aliphatic rings. The molecule has 4 rings (SSSR count). The lowest BCUT2D eigenvalue weighted by Crippen LogP contribution is -2.27. The molecule has 170 valence electrons. The molecule has 0 fully saturated rings. The first kappa shape index (κ1) is 22.4. The van der Waals surface area contributed by atoms with Crippen molar-refractivity contribution in [3.63, 3.8) is 0 Å². The van der Waals surface area contributed by atoms with E-state index in [1.54, 1.807) is 23.0 Å². The predicted molar refractivity (Wildman–Crippen MR) is 127 cm³/mol. The third-order valence-electron chi connectivity index (χ3n) is 5.43.